The van der Waals surface area contributed by atoms with E-state index in [1.54, 1.807) is 45.0 Å². The fraction of sp³-hybridized carbons (Fsp3) is 0.429. The van der Waals surface area contributed by atoms with Gasteiger partial charge in [-0.2, -0.15) is 12.6 Å². The predicted octanol–water partition coefficient (Wildman–Crippen LogP) is 3.08. The molecule has 1 aromatic carbocycles. The lowest BCUT2D eigenvalue weighted by Gasteiger charge is -2.19. The lowest BCUT2D eigenvalue weighted by atomic mass is 10.1. The van der Waals surface area contributed by atoms with Gasteiger partial charge in [-0.15, -0.1) is 0 Å². The zero-order chi connectivity index (χ0) is 14.5. The molecule has 5 heteroatoms. The summed E-state index contributed by atoms with van der Waals surface area (Å²) < 4.78 is 5.14. The van der Waals surface area contributed by atoms with Gasteiger partial charge in [0.05, 0.1) is 0 Å². The molecular formula is C14H19NO3S. The van der Waals surface area contributed by atoms with Crippen LogP contribution >= 0.6 is 12.6 Å². The molecule has 0 saturated carbocycles. The Bertz CT molecular complexity index is 449. The van der Waals surface area contributed by atoms with Gasteiger partial charge in [-0.05, 0) is 38.5 Å². The van der Waals surface area contributed by atoms with Gasteiger partial charge in [0.15, 0.2) is 0 Å². The van der Waals surface area contributed by atoms with Crippen molar-refractivity contribution < 1.29 is 14.3 Å². The van der Waals surface area contributed by atoms with E-state index in [2.05, 4.69) is 17.9 Å². The van der Waals surface area contributed by atoms with E-state index in [1.807, 2.05) is 0 Å². The number of carbonyl (C=O) groups is 2. The molecule has 0 unspecified atom stereocenters. The van der Waals surface area contributed by atoms with Crippen molar-refractivity contribution in [3.8, 4) is 0 Å². The number of hydrogen-bond acceptors (Lipinski definition) is 4. The highest BCUT2D eigenvalue weighted by Gasteiger charge is 2.16. The van der Waals surface area contributed by atoms with Crippen LogP contribution in [0.5, 0.6) is 0 Å². The highest BCUT2D eigenvalue weighted by molar-refractivity contribution is 7.81. The van der Waals surface area contributed by atoms with Crippen molar-refractivity contribution in [2.24, 2.45) is 0 Å². The minimum Gasteiger partial charge on any atom is -0.444 e. The predicted molar refractivity (Wildman–Crippen MR) is 78.9 cm³/mol. The zero-order valence-electron chi connectivity index (χ0n) is 11.4. The fourth-order valence-electron chi connectivity index (χ4n) is 1.41. The van der Waals surface area contributed by atoms with Crippen molar-refractivity contribution in [2.75, 3.05) is 11.1 Å². The van der Waals surface area contributed by atoms with E-state index in [4.69, 9.17) is 4.74 Å². The fourth-order valence-corrected chi connectivity index (χ4v) is 1.52. The Hall–Kier alpha value is -1.49. The van der Waals surface area contributed by atoms with Crippen LogP contribution in [-0.4, -0.2) is 23.2 Å². The summed E-state index contributed by atoms with van der Waals surface area (Å²) in [6, 6.07) is 7.08. The number of ketones is 1. The number of anilines is 1. The molecule has 0 aliphatic carbocycles. The molecule has 0 radical (unpaired) electrons. The Morgan fingerprint density at radius 2 is 1.79 bits per heavy atom. The molecule has 0 aromatic heterocycles. The molecule has 0 heterocycles. The average molecular weight is 281 g/mol. The Morgan fingerprint density at radius 1 is 1.21 bits per heavy atom. The quantitative estimate of drug-likeness (QED) is 0.834. The lowest BCUT2D eigenvalue weighted by molar-refractivity contribution is -0.115. The van der Waals surface area contributed by atoms with Crippen LogP contribution in [0.15, 0.2) is 24.3 Å². The molecule has 0 atom stereocenters. The van der Waals surface area contributed by atoms with E-state index in [0.29, 0.717) is 12.1 Å². The van der Waals surface area contributed by atoms with Crippen molar-refractivity contribution in [3.63, 3.8) is 0 Å². The van der Waals surface area contributed by atoms with Gasteiger partial charge in [0.1, 0.15) is 11.4 Å². The van der Waals surface area contributed by atoms with Gasteiger partial charge in [-0.25, -0.2) is 4.79 Å². The van der Waals surface area contributed by atoms with Crippen LogP contribution in [0, 0.1) is 0 Å². The SMILES string of the molecule is CC(C)(C)OC(=O)Nc1ccc(CC(=O)CS)cc1. The first kappa shape index (κ1) is 15.6. The van der Waals surface area contributed by atoms with Crippen molar-refractivity contribution in [1.82, 2.24) is 0 Å². The van der Waals surface area contributed by atoms with Crippen LogP contribution in [-0.2, 0) is 16.0 Å². The van der Waals surface area contributed by atoms with E-state index in [0.717, 1.165) is 5.56 Å². The second-order valence-corrected chi connectivity index (χ2v) is 5.51. The van der Waals surface area contributed by atoms with Gasteiger partial charge in [0.2, 0.25) is 0 Å². The number of hydrogen-bond donors (Lipinski definition) is 2. The minimum atomic E-state index is -0.525. The molecular weight excluding hydrogens is 262 g/mol. The van der Waals surface area contributed by atoms with E-state index in [-0.39, 0.29) is 11.5 Å². The Morgan fingerprint density at radius 3 is 2.26 bits per heavy atom. The second kappa shape index (κ2) is 6.61. The molecule has 1 aromatic rings. The second-order valence-electron chi connectivity index (χ2n) is 5.20. The molecule has 0 bridgehead atoms. The summed E-state index contributed by atoms with van der Waals surface area (Å²) in [6.45, 7) is 5.41. The van der Waals surface area contributed by atoms with Crippen LogP contribution < -0.4 is 5.32 Å². The van der Waals surface area contributed by atoms with Crippen molar-refractivity contribution >= 4 is 30.2 Å². The van der Waals surface area contributed by atoms with Gasteiger partial charge in [0.25, 0.3) is 0 Å². The van der Waals surface area contributed by atoms with Crippen LogP contribution in [0.1, 0.15) is 26.3 Å². The zero-order valence-corrected chi connectivity index (χ0v) is 12.3. The normalized spacial score (nSPS) is 10.9. The minimum absolute atomic E-state index is 0.0659. The first-order chi connectivity index (χ1) is 8.80. The molecule has 19 heavy (non-hydrogen) atoms. The van der Waals surface area contributed by atoms with Crippen LogP contribution in [0.4, 0.5) is 10.5 Å². The summed E-state index contributed by atoms with van der Waals surface area (Å²) in [5.74, 6) is 0.300. The molecule has 1 rings (SSSR count). The van der Waals surface area contributed by atoms with E-state index in [9.17, 15) is 9.59 Å². The maximum atomic E-state index is 11.5. The van der Waals surface area contributed by atoms with Gasteiger partial charge in [0, 0.05) is 17.9 Å². The summed E-state index contributed by atoms with van der Waals surface area (Å²) in [6.07, 6.45) is -0.136. The van der Waals surface area contributed by atoms with Gasteiger partial charge in [-0.3, -0.25) is 10.1 Å². The van der Waals surface area contributed by atoms with E-state index < -0.39 is 11.7 Å². The topological polar surface area (TPSA) is 55.4 Å². The largest absolute Gasteiger partial charge is 0.444 e. The van der Waals surface area contributed by atoms with Gasteiger partial charge in [-0.1, -0.05) is 12.1 Å². The highest BCUT2D eigenvalue weighted by atomic mass is 32.1. The molecule has 4 nitrogen and oxygen atoms in total. The molecule has 0 saturated heterocycles. The summed E-state index contributed by atoms with van der Waals surface area (Å²) in [5, 5.41) is 2.63. The van der Waals surface area contributed by atoms with Crippen molar-refractivity contribution in [1.29, 1.82) is 0 Å². The molecule has 1 amide bonds. The number of rotatable bonds is 4. The first-order valence-corrected chi connectivity index (χ1v) is 6.65. The van der Waals surface area contributed by atoms with Crippen LogP contribution in [0.25, 0.3) is 0 Å². The third kappa shape index (κ3) is 6.29. The molecule has 0 fully saturated rings. The number of thiol groups is 1. The maximum absolute atomic E-state index is 11.5. The molecule has 0 spiro atoms. The van der Waals surface area contributed by atoms with Crippen LogP contribution in [0.2, 0.25) is 0 Å². The number of ether oxygens (including phenoxy) is 1. The van der Waals surface area contributed by atoms with Gasteiger partial charge >= 0.3 is 6.09 Å². The number of carbonyl (C=O) groups excluding carboxylic acids is 2. The molecule has 104 valence electrons. The average Bonchev–Trinajstić information content (AvgIpc) is 2.29. The number of amides is 1. The third-order valence-electron chi connectivity index (χ3n) is 2.18. The van der Waals surface area contributed by atoms with Gasteiger partial charge < -0.3 is 4.74 Å². The highest BCUT2D eigenvalue weighted by Crippen LogP contribution is 2.13. The summed E-state index contributed by atoms with van der Waals surface area (Å²) in [4.78, 5) is 22.8. The molecule has 1 N–H and O–H groups in total. The van der Waals surface area contributed by atoms with Crippen molar-refractivity contribution in [2.45, 2.75) is 32.8 Å². The number of Topliss-reactive ketones (excluding diaryl/α,β-unsaturated/α-hetero) is 1. The Labute approximate surface area is 118 Å². The standard InChI is InChI=1S/C14H19NO3S/c1-14(2,3)18-13(17)15-11-6-4-10(5-7-11)8-12(16)9-19/h4-7,19H,8-9H2,1-3H3,(H,15,17). The van der Waals surface area contributed by atoms with Crippen molar-refractivity contribution in [3.05, 3.63) is 29.8 Å². The summed E-state index contributed by atoms with van der Waals surface area (Å²) in [7, 11) is 0. The number of benzene rings is 1. The van der Waals surface area contributed by atoms with E-state index >= 15 is 0 Å². The number of nitrogens with one attached hydrogen (secondary N) is 1. The Balaban J connectivity index is 2.57. The third-order valence-corrected chi connectivity index (χ3v) is 2.53. The van der Waals surface area contributed by atoms with Crippen LogP contribution in [0.3, 0.4) is 0 Å². The first-order valence-electron chi connectivity index (χ1n) is 6.01. The lowest BCUT2D eigenvalue weighted by Crippen LogP contribution is -2.27. The van der Waals surface area contributed by atoms with E-state index in [1.165, 1.54) is 0 Å². The summed E-state index contributed by atoms with van der Waals surface area (Å²) in [5.41, 5.74) is 1.01. The Kier molecular flexibility index (Phi) is 5.42. The maximum Gasteiger partial charge on any atom is 0.412 e. The monoisotopic (exact) mass is 281 g/mol. The molecule has 0 aliphatic heterocycles. The smallest absolute Gasteiger partial charge is 0.412 e. The summed E-state index contributed by atoms with van der Waals surface area (Å²) >= 11 is 3.93. The molecule has 0 aliphatic rings.